The first kappa shape index (κ1) is 19.0. The maximum absolute atomic E-state index is 10.8. The molecule has 0 bridgehead atoms. The second-order valence-electron chi connectivity index (χ2n) is 7.80. The molecule has 3 rings (SSSR count). The van der Waals surface area contributed by atoms with Gasteiger partial charge in [0.1, 0.15) is 0 Å². The summed E-state index contributed by atoms with van der Waals surface area (Å²) in [5.74, 6) is 5.18. The fourth-order valence-electron chi connectivity index (χ4n) is 3.51. The van der Waals surface area contributed by atoms with Crippen LogP contribution in [0.4, 0.5) is 0 Å². The van der Waals surface area contributed by atoms with Gasteiger partial charge in [-0.05, 0) is 71.2 Å². The molecule has 138 valence electrons. The molecule has 2 heteroatoms. The summed E-state index contributed by atoms with van der Waals surface area (Å²) in [6, 6.07) is 13.0. The van der Waals surface area contributed by atoms with Crippen molar-refractivity contribution in [3.8, 4) is 11.8 Å². The lowest BCUT2D eigenvalue weighted by molar-refractivity contribution is -0.255. The maximum atomic E-state index is 10.8. The average molecular weight is 357 g/mol. The normalized spacial score (nSPS) is 14.6. The van der Waals surface area contributed by atoms with Crippen LogP contribution in [0.1, 0.15) is 79.1 Å². The minimum Gasteiger partial charge on any atom is -0.545 e. The highest BCUT2D eigenvalue weighted by Gasteiger charge is 2.27. The van der Waals surface area contributed by atoms with Crippen molar-refractivity contribution >= 4 is 11.5 Å². The number of carboxylic acids is 1. The summed E-state index contributed by atoms with van der Waals surface area (Å²) < 4.78 is 0. The van der Waals surface area contributed by atoms with Gasteiger partial charge >= 0.3 is 0 Å². The number of rotatable bonds is 4. The van der Waals surface area contributed by atoms with E-state index in [0.29, 0.717) is 0 Å². The van der Waals surface area contributed by atoms with E-state index in [1.54, 1.807) is 12.1 Å². The number of unbranched alkanes of at least 4 members (excludes halogenated alkanes) is 1. The van der Waals surface area contributed by atoms with E-state index >= 15 is 0 Å². The molecule has 2 aromatic rings. The molecule has 0 amide bonds. The Hall–Kier alpha value is -2.79. The van der Waals surface area contributed by atoms with Crippen LogP contribution in [0.5, 0.6) is 0 Å². The molecule has 0 spiro atoms. The lowest BCUT2D eigenvalue weighted by Gasteiger charge is -2.32. The average Bonchev–Trinajstić information content (AvgIpc) is 2.66. The van der Waals surface area contributed by atoms with E-state index in [1.807, 2.05) is 0 Å². The molecule has 2 nitrogen and oxygen atoms in total. The zero-order valence-corrected chi connectivity index (χ0v) is 16.3. The molecule has 0 aromatic heterocycles. The second-order valence-corrected chi connectivity index (χ2v) is 7.80. The molecular weight excluding hydrogens is 332 g/mol. The summed E-state index contributed by atoms with van der Waals surface area (Å²) in [5.41, 5.74) is 6.27. The third-order valence-electron chi connectivity index (χ3n) is 5.22. The molecule has 0 aliphatic heterocycles. The van der Waals surface area contributed by atoms with E-state index in [9.17, 15) is 9.90 Å². The highest BCUT2D eigenvalue weighted by atomic mass is 16.4. The number of hydrogen-bond donors (Lipinski definition) is 0. The predicted octanol–water partition coefficient (Wildman–Crippen LogP) is 4.70. The van der Waals surface area contributed by atoms with Crippen molar-refractivity contribution in [2.45, 2.75) is 51.9 Å². The van der Waals surface area contributed by atoms with Gasteiger partial charge in [-0.15, -0.1) is 0 Å². The number of fused-ring (bicyclic) bond motifs is 1. The van der Waals surface area contributed by atoms with Gasteiger partial charge < -0.3 is 9.90 Å². The molecule has 27 heavy (non-hydrogen) atoms. The Morgan fingerprint density at radius 1 is 1.07 bits per heavy atom. The van der Waals surface area contributed by atoms with Gasteiger partial charge in [-0.3, -0.25) is 0 Å². The van der Waals surface area contributed by atoms with Crippen LogP contribution < -0.4 is 5.11 Å². The van der Waals surface area contributed by atoms with Crippen molar-refractivity contribution in [1.29, 1.82) is 0 Å². The van der Waals surface area contributed by atoms with Crippen LogP contribution >= 0.6 is 0 Å². The number of aromatic carboxylic acids is 1. The summed E-state index contributed by atoms with van der Waals surface area (Å²) in [5, 5.41) is 10.8. The first-order valence-electron chi connectivity index (χ1n) is 9.58. The van der Waals surface area contributed by atoms with Crippen LogP contribution in [0.3, 0.4) is 0 Å². The number of allylic oxidation sites excluding steroid dienone is 2. The Balaban J connectivity index is 1.91. The van der Waals surface area contributed by atoms with Crippen molar-refractivity contribution in [2.24, 2.45) is 0 Å². The van der Waals surface area contributed by atoms with Crippen LogP contribution in [0.25, 0.3) is 5.57 Å². The third-order valence-corrected chi connectivity index (χ3v) is 5.22. The quantitative estimate of drug-likeness (QED) is 0.744. The van der Waals surface area contributed by atoms with E-state index < -0.39 is 5.97 Å². The number of carbonyl (C=O) groups is 1. The summed E-state index contributed by atoms with van der Waals surface area (Å²) in [7, 11) is 0. The topological polar surface area (TPSA) is 40.1 Å². The van der Waals surface area contributed by atoms with Gasteiger partial charge in [-0.25, -0.2) is 0 Å². The van der Waals surface area contributed by atoms with Crippen molar-refractivity contribution in [1.82, 2.24) is 0 Å². The lowest BCUT2D eigenvalue weighted by Crippen LogP contribution is -2.21. The molecular formula is C25H25O2-. The Morgan fingerprint density at radius 3 is 2.41 bits per heavy atom. The van der Waals surface area contributed by atoms with Crippen LogP contribution in [0.15, 0.2) is 48.5 Å². The van der Waals surface area contributed by atoms with Crippen LogP contribution in [0, 0.1) is 11.8 Å². The monoisotopic (exact) mass is 357 g/mol. The van der Waals surface area contributed by atoms with Crippen LogP contribution in [-0.2, 0) is 5.41 Å². The Morgan fingerprint density at radius 2 is 1.74 bits per heavy atom. The fourth-order valence-corrected chi connectivity index (χ4v) is 3.51. The first-order chi connectivity index (χ1) is 12.9. The van der Waals surface area contributed by atoms with Gasteiger partial charge in [0.05, 0.1) is 5.97 Å². The van der Waals surface area contributed by atoms with Crippen molar-refractivity contribution in [3.05, 3.63) is 76.4 Å². The van der Waals surface area contributed by atoms with Gasteiger partial charge in [-0.1, -0.05) is 63.3 Å². The minimum atomic E-state index is -1.17. The third kappa shape index (κ3) is 4.31. The largest absolute Gasteiger partial charge is 0.545 e. The molecule has 0 unspecified atom stereocenters. The minimum absolute atomic E-state index is 0.151. The van der Waals surface area contributed by atoms with Crippen molar-refractivity contribution in [3.63, 3.8) is 0 Å². The molecule has 0 radical (unpaired) electrons. The predicted molar refractivity (Wildman–Crippen MR) is 108 cm³/mol. The standard InChI is InChI=1S/C25H26O2/c1-4-5-6-20-15-16-25(2,3)23-14-11-19(17-22(20)23)8-7-18-9-12-21(13-10-18)24(26)27/h9-15,17H,4-6,16H2,1-3H3,(H,26,27)/p-1. The highest BCUT2D eigenvalue weighted by Crippen LogP contribution is 2.40. The molecule has 0 N–H and O–H groups in total. The lowest BCUT2D eigenvalue weighted by atomic mass is 9.72. The van der Waals surface area contributed by atoms with Gasteiger partial charge in [0, 0.05) is 11.1 Å². The maximum Gasteiger partial charge on any atom is 0.0715 e. The Kier molecular flexibility index (Phi) is 5.51. The fraction of sp³-hybridized carbons (Fsp3) is 0.320. The smallest absolute Gasteiger partial charge is 0.0715 e. The molecule has 0 fully saturated rings. The molecule has 2 aromatic carbocycles. The zero-order valence-electron chi connectivity index (χ0n) is 16.3. The first-order valence-corrected chi connectivity index (χ1v) is 9.58. The van der Waals surface area contributed by atoms with Gasteiger partial charge in [0.2, 0.25) is 0 Å². The number of carboxylic acid groups (broad SMARTS) is 1. The summed E-state index contributed by atoms with van der Waals surface area (Å²) in [6.07, 6.45) is 6.98. The molecule has 0 saturated heterocycles. The number of carbonyl (C=O) groups excluding carboxylic acids is 1. The number of benzene rings is 2. The van der Waals surface area contributed by atoms with Crippen LogP contribution in [-0.4, -0.2) is 5.97 Å². The van der Waals surface area contributed by atoms with Crippen molar-refractivity contribution in [2.75, 3.05) is 0 Å². The van der Waals surface area contributed by atoms with Gasteiger partial charge in [0.15, 0.2) is 0 Å². The number of hydrogen-bond acceptors (Lipinski definition) is 2. The van der Waals surface area contributed by atoms with Gasteiger partial charge in [0.25, 0.3) is 0 Å². The van der Waals surface area contributed by atoms with E-state index in [2.05, 4.69) is 56.9 Å². The molecule has 1 aliphatic rings. The van der Waals surface area contributed by atoms with Gasteiger partial charge in [-0.2, -0.15) is 0 Å². The van der Waals surface area contributed by atoms with E-state index in [-0.39, 0.29) is 11.0 Å². The summed E-state index contributed by atoms with van der Waals surface area (Å²) >= 11 is 0. The van der Waals surface area contributed by atoms with E-state index in [0.717, 1.165) is 24.0 Å². The van der Waals surface area contributed by atoms with E-state index in [1.165, 1.54) is 41.7 Å². The molecule has 0 saturated carbocycles. The summed E-state index contributed by atoms with van der Waals surface area (Å²) in [4.78, 5) is 10.8. The SMILES string of the molecule is CCCCC1=CCC(C)(C)c2ccc(C#Cc3ccc(C(=O)[O-])cc3)cc21. The molecule has 0 atom stereocenters. The highest BCUT2D eigenvalue weighted by molar-refractivity contribution is 5.85. The molecule has 0 heterocycles. The Labute approximate surface area is 161 Å². The Bertz CT molecular complexity index is 935. The van der Waals surface area contributed by atoms with Crippen LogP contribution in [0.2, 0.25) is 0 Å². The summed E-state index contributed by atoms with van der Waals surface area (Å²) in [6.45, 7) is 6.81. The second kappa shape index (κ2) is 7.84. The van der Waals surface area contributed by atoms with E-state index in [4.69, 9.17) is 0 Å². The zero-order chi connectivity index (χ0) is 19.4. The van der Waals surface area contributed by atoms with Crippen molar-refractivity contribution < 1.29 is 9.90 Å². The molecule has 1 aliphatic carbocycles.